The van der Waals surface area contributed by atoms with E-state index in [1.165, 1.54) is 29.9 Å². The Kier molecular flexibility index (Phi) is 9.46. The van der Waals surface area contributed by atoms with Gasteiger partial charge in [0.1, 0.15) is 22.7 Å². The summed E-state index contributed by atoms with van der Waals surface area (Å²) in [5.41, 5.74) is 1.01. The Morgan fingerprint density at radius 1 is 1.13 bits per heavy atom. The van der Waals surface area contributed by atoms with E-state index in [1.54, 1.807) is 45.9 Å². The van der Waals surface area contributed by atoms with Crippen LogP contribution in [0.4, 0.5) is 9.18 Å². The van der Waals surface area contributed by atoms with Gasteiger partial charge >= 0.3 is 6.09 Å². The smallest absolute Gasteiger partial charge is 0.407 e. The van der Waals surface area contributed by atoms with Gasteiger partial charge in [-0.3, -0.25) is 14.2 Å². The number of aromatic nitrogens is 2. The lowest BCUT2D eigenvalue weighted by atomic mass is 10.1. The molecule has 12 heteroatoms. The second-order valence-electron chi connectivity index (χ2n) is 9.46. The minimum Gasteiger partial charge on any atom is -0.472 e. The average molecular weight is 605 g/mol. The van der Waals surface area contributed by atoms with Crippen LogP contribution in [0.3, 0.4) is 0 Å². The quantitative estimate of drug-likeness (QED) is 0.339. The zero-order valence-corrected chi connectivity index (χ0v) is 23.8. The second kappa shape index (κ2) is 12.4. The molecule has 0 aliphatic carbocycles. The topological polar surface area (TPSA) is 132 Å². The van der Waals surface area contributed by atoms with Crippen LogP contribution in [-0.4, -0.2) is 45.9 Å². The number of hydrogen-bond acceptors (Lipinski definition) is 7. The highest BCUT2D eigenvalue weighted by Crippen LogP contribution is 2.24. The maximum absolute atomic E-state index is 13.8. The molecule has 0 radical (unpaired) electrons. The molecule has 0 saturated carbocycles. The van der Waals surface area contributed by atoms with Crippen LogP contribution in [-0.2, 0) is 17.9 Å². The van der Waals surface area contributed by atoms with Gasteiger partial charge in [-0.15, -0.1) is 0 Å². The standard InChI is InChI=1S/C27H30BrFN4O6/c1-15-6-7-17(23(34)31-14-27(3,4)37)11-21(15)33-16(2)32-24(22(28)25(33)35)39-13-18-8-9-20(29)10-19(18)12-30-26(36)38-5/h6-11,37H,12-14H2,1-5H3,(H,30,36)(H,31,34). The number of rotatable bonds is 9. The highest BCUT2D eigenvalue weighted by atomic mass is 79.9. The van der Waals surface area contributed by atoms with Crippen LogP contribution < -0.4 is 20.9 Å². The normalized spacial score (nSPS) is 11.2. The summed E-state index contributed by atoms with van der Waals surface area (Å²) in [6, 6.07) is 8.99. The van der Waals surface area contributed by atoms with Crippen molar-refractivity contribution < 1.29 is 28.6 Å². The molecule has 0 bridgehead atoms. The molecule has 0 fully saturated rings. The van der Waals surface area contributed by atoms with Gasteiger partial charge < -0.3 is 25.2 Å². The fourth-order valence-electron chi connectivity index (χ4n) is 3.64. The molecule has 0 unspecified atom stereocenters. The summed E-state index contributed by atoms with van der Waals surface area (Å²) in [4.78, 5) is 41.9. The first kappa shape index (κ1) is 29.8. The molecule has 208 valence electrons. The van der Waals surface area contributed by atoms with Crippen LogP contribution >= 0.6 is 15.9 Å². The summed E-state index contributed by atoms with van der Waals surface area (Å²) in [6.07, 6.45) is -0.663. The molecule has 3 N–H and O–H groups in total. The van der Waals surface area contributed by atoms with Crippen LogP contribution in [0.25, 0.3) is 5.69 Å². The Bertz CT molecular complexity index is 1450. The lowest BCUT2D eigenvalue weighted by Gasteiger charge is -2.19. The number of carbonyl (C=O) groups is 2. The molecular formula is C27H30BrFN4O6. The second-order valence-corrected chi connectivity index (χ2v) is 10.3. The lowest BCUT2D eigenvalue weighted by molar-refractivity contribution is 0.0694. The van der Waals surface area contributed by atoms with Crippen LogP contribution in [0.15, 0.2) is 45.7 Å². The summed E-state index contributed by atoms with van der Waals surface area (Å²) in [5.74, 6) is -0.541. The van der Waals surface area contributed by atoms with Gasteiger partial charge in [-0.1, -0.05) is 12.1 Å². The van der Waals surface area contributed by atoms with Crippen molar-refractivity contribution in [1.29, 1.82) is 0 Å². The molecule has 0 spiro atoms. The molecule has 0 aliphatic rings. The molecule has 0 saturated heterocycles. The number of benzene rings is 2. The van der Waals surface area contributed by atoms with Crippen molar-refractivity contribution in [2.24, 2.45) is 0 Å². The SMILES string of the molecule is COC(=O)NCc1cc(F)ccc1COc1nc(C)n(-c2cc(C(=O)NCC(C)(C)O)ccc2C)c(=O)c1Br. The van der Waals surface area contributed by atoms with Gasteiger partial charge in [0.15, 0.2) is 0 Å². The summed E-state index contributed by atoms with van der Waals surface area (Å²) in [7, 11) is 1.23. The van der Waals surface area contributed by atoms with Crippen molar-refractivity contribution in [1.82, 2.24) is 20.2 Å². The summed E-state index contributed by atoms with van der Waals surface area (Å²) >= 11 is 3.28. The number of halogens is 2. The van der Waals surface area contributed by atoms with E-state index < -0.39 is 29.0 Å². The van der Waals surface area contributed by atoms with Gasteiger partial charge in [0.2, 0.25) is 5.88 Å². The van der Waals surface area contributed by atoms with Gasteiger partial charge in [-0.2, -0.15) is 4.98 Å². The van der Waals surface area contributed by atoms with E-state index in [0.717, 1.165) is 5.56 Å². The molecule has 3 aromatic rings. The largest absolute Gasteiger partial charge is 0.472 e. The third-order valence-corrected chi connectivity index (χ3v) is 6.38. The number of hydrogen-bond donors (Lipinski definition) is 3. The summed E-state index contributed by atoms with van der Waals surface area (Å²) in [6.45, 7) is 6.61. The number of nitrogens with zero attached hydrogens (tertiary/aromatic N) is 2. The van der Waals surface area contributed by atoms with Gasteiger partial charge in [0, 0.05) is 18.7 Å². The maximum Gasteiger partial charge on any atom is 0.407 e. The van der Waals surface area contributed by atoms with Gasteiger partial charge in [0.25, 0.3) is 11.5 Å². The molecule has 1 aromatic heterocycles. The Morgan fingerprint density at radius 2 is 1.85 bits per heavy atom. The predicted octanol–water partition coefficient (Wildman–Crippen LogP) is 3.69. The zero-order chi connectivity index (χ0) is 28.9. The molecule has 10 nitrogen and oxygen atoms in total. The molecule has 3 rings (SSSR count). The van der Waals surface area contributed by atoms with E-state index in [2.05, 4.69) is 36.3 Å². The Morgan fingerprint density at radius 3 is 2.51 bits per heavy atom. The van der Waals surface area contributed by atoms with Crippen molar-refractivity contribution in [3.8, 4) is 11.6 Å². The van der Waals surface area contributed by atoms with Crippen molar-refractivity contribution in [2.45, 2.75) is 46.4 Å². The molecule has 39 heavy (non-hydrogen) atoms. The van der Waals surface area contributed by atoms with Crippen molar-refractivity contribution >= 4 is 27.9 Å². The third-order valence-electron chi connectivity index (χ3n) is 5.70. The lowest BCUT2D eigenvalue weighted by Crippen LogP contribution is -2.38. The molecular weight excluding hydrogens is 575 g/mol. The highest BCUT2D eigenvalue weighted by molar-refractivity contribution is 9.10. The average Bonchev–Trinajstić information content (AvgIpc) is 2.88. The molecule has 2 amide bonds. The number of aliphatic hydroxyl groups is 1. The first-order valence-electron chi connectivity index (χ1n) is 11.9. The number of carbonyl (C=O) groups excluding carboxylic acids is 2. The van der Waals surface area contributed by atoms with E-state index in [4.69, 9.17) is 4.74 Å². The highest BCUT2D eigenvalue weighted by Gasteiger charge is 2.20. The molecule has 0 atom stereocenters. The fraction of sp³-hybridized carbons (Fsp3) is 0.333. The van der Waals surface area contributed by atoms with Crippen LogP contribution in [0.5, 0.6) is 5.88 Å². The third kappa shape index (κ3) is 7.64. The Hall–Kier alpha value is -3.77. The number of nitrogens with one attached hydrogen (secondary N) is 2. The Labute approximate surface area is 233 Å². The van der Waals surface area contributed by atoms with E-state index in [9.17, 15) is 23.9 Å². The zero-order valence-electron chi connectivity index (χ0n) is 22.2. The number of methoxy groups -OCH3 is 1. The van der Waals surface area contributed by atoms with E-state index >= 15 is 0 Å². The minimum absolute atomic E-state index is 0.0113. The van der Waals surface area contributed by atoms with Crippen molar-refractivity contribution in [2.75, 3.05) is 13.7 Å². The monoisotopic (exact) mass is 604 g/mol. The van der Waals surface area contributed by atoms with Crippen LogP contribution in [0.1, 0.15) is 46.7 Å². The van der Waals surface area contributed by atoms with Gasteiger partial charge in [0.05, 0.1) is 18.4 Å². The minimum atomic E-state index is -1.08. The van der Waals surface area contributed by atoms with Gasteiger partial charge in [-0.05, 0) is 84.6 Å². The van der Waals surface area contributed by atoms with Crippen molar-refractivity contribution in [3.05, 3.63) is 85.1 Å². The summed E-state index contributed by atoms with van der Waals surface area (Å²) < 4.78 is 25.6. The molecule has 1 heterocycles. The molecule has 0 aliphatic heterocycles. The number of amides is 2. The van der Waals surface area contributed by atoms with E-state index in [0.29, 0.717) is 28.2 Å². The predicted molar refractivity (Wildman–Crippen MR) is 146 cm³/mol. The van der Waals surface area contributed by atoms with E-state index in [1.807, 2.05) is 0 Å². The van der Waals surface area contributed by atoms with Crippen molar-refractivity contribution in [3.63, 3.8) is 0 Å². The first-order chi connectivity index (χ1) is 18.3. The van der Waals surface area contributed by atoms with E-state index in [-0.39, 0.29) is 30.0 Å². The number of aryl methyl sites for hydroxylation is 2. The van der Waals surface area contributed by atoms with Gasteiger partial charge in [-0.25, -0.2) is 9.18 Å². The Balaban J connectivity index is 1.89. The maximum atomic E-state index is 13.8. The van der Waals surface area contributed by atoms with Crippen LogP contribution in [0.2, 0.25) is 0 Å². The first-order valence-corrected chi connectivity index (χ1v) is 12.7. The fourth-order valence-corrected chi connectivity index (χ4v) is 4.02. The number of ether oxygens (including phenoxy) is 2. The summed E-state index contributed by atoms with van der Waals surface area (Å²) in [5, 5.41) is 15.1. The molecule has 2 aromatic carbocycles. The number of alkyl carbamates (subject to hydrolysis) is 1. The van der Waals surface area contributed by atoms with Crippen LogP contribution in [0, 0.1) is 19.7 Å².